The number of hydrogen-bond donors (Lipinski definition) is 1. The highest BCUT2D eigenvalue weighted by Crippen LogP contribution is 2.24. The van der Waals surface area contributed by atoms with Crippen LogP contribution in [0, 0.1) is 0 Å². The SMILES string of the molecule is C[C@@H](Oc1ccc(C(C)(C)C)cc1)C(=O)NN(C)C. The van der Waals surface area contributed by atoms with Crippen molar-refractivity contribution < 1.29 is 9.53 Å². The third-order valence-electron chi connectivity index (χ3n) is 2.74. The Morgan fingerprint density at radius 2 is 1.74 bits per heavy atom. The van der Waals surface area contributed by atoms with Crippen molar-refractivity contribution >= 4 is 5.91 Å². The summed E-state index contributed by atoms with van der Waals surface area (Å²) < 4.78 is 5.61. The monoisotopic (exact) mass is 264 g/mol. The van der Waals surface area contributed by atoms with Crippen molar-refractivity contribution in [2.24, 2.45) is 0 Å². The van der Waals surface area contributed by atoms with Crippen LogP contribution in [0.2, 0.25) is 0 Å². The van der Waals surface area contributed by atoms with Gasteiger partial charge >= 0.3 is 0 Å². The number of carbonyl (C=O) groups excluding carboxylic acids is 1. The lowest BCUT2D eigenvalue weighted by molar-refractivity contribution is -0.131. The maximum atomic E-state index is 11.7. The number of benzene rings is 1. The minimum absolute atomic E-state index is 0.118. The fourth-order valence-electron chi connectivity index (χ4n) is 1.60. The van der Waals surface area contributed by atoms with Gasteiger partial charge in [0.05, 0.1) is 0 Å². The topological polar surface area (TPSA) is 41.6 Å². The van der Waals surface area contributed by atoms with E-state index >= 15 is 0 Å². The first-order valence-corrected chi connectivity index (χ1v) is 6.45. The number of carbonyl (C=O) groups is 1. The largest absolute Gasteiger partial charge is 0.481 e. The third kappa shape index (κ3) is 4.91. The van der Waals surface area contributed by atoms with Gasteiger partial charge in [0.25, 0.3) is 5.91 Å². The molecule has 4 heteroatoms. The maximum Gasteiger partial charge on any atom is 0.275 e. The quantitative estimate of drug-likeness (QED) is 0.849. The zero-order valence-corrected chi connectivity index (χ0v) is 12.7. The summed E-state index contributed by atoms with van der Waals surface area (Å²) in [4.78, 5) is 11.7. The minimum atomic E-state index is -0.525. The standard InChI is InChI=1S/C15H24N2O2/c1-11(14(18)16-17(5)6)19-13-9-7-12(8-10-13)15(2,3)4/h7-11H,1-6H3,(H,16,18)/t11-/m1/s1. The van der Waals surface area contributed by atoms with E-state index in [4.69, 9.17) is 4.74 Å². The molecule has 0 heterocycles. The Bertz CT molecular complexity index is 419. The summed E-state index contributed by atoms with van der Waals surface area (Å²) in [5.74, 6) is 0.541. The molecule has 0 saturated carbocycles. The molecule has 0 aliphatic heterocycles. The Labute approximate surface area is 115 Å². The second-order valence-electron chi connectivity index (χ2n) is 5.90. The molecule has 19 heavy (non-hydrogen) atoms. The normalized spacial score (nSPS) is 13.2. The van der Waals surface area contributed by atoms with E-state index in [1.165, 1.54) is 5.56 Å². The summed E-state index contributed by atoms with van der Waals surface area (Å²) in [6, 6.07) is 7.87. The van der Waals surface area contributed by atoms with Gasteiger partial charge in [-0.1, -0.05) is 32.9 Å². The molecule has 0 spiro atoms. The van der Waals surface area contributed by atoms with Crippen molar-refractivity contribution in [2.45, 2.75) is 39.2 Å². The molecule has 1 rings (SSSR count). The van der Waals surface area contributed by atoms with Gasteiger partial charge in [0.2, 0.25) is 0 Å². The van der Waals surface area contributed by atoms with E-state index < -0.39 is 6.10 Å². The van der Waals surface area contributed by atoms with E-state index in [-0.39, 0.29) is 11.3 Å². The van der Waals surface area contributed by atoms with Crippen LogP contribution in [0.1, 0.15) is 33.3 Å². The van der Waals surface area contributed by atoms with Gasteiger partial charge in [-0.2, -0.15) is 0 Å². The van der Waals surface area contributed by atoms with Gasteiger partial charge in [-0.05, 0) is 30.0 Å². The van der Waals surface area contributed by atoms with E-state index in [2.05, 4.69) is 26.2 Å². The summed E-state index contributed by atoms with van der Waals surface area (Å²) in [6.45, 7) is 8.22. The fraction of sp³-hybridized carbons (Fsp3) is 0.533. The van der Waals surface area contributed by atoms with Crippen molar-refractivity contribution in [1.82, 2.24) is 10.4 Å². The summed E-state index contributed by atoms with van der Waals surface area (Å²) >= 11 is 0. The van der Waals surface area contributed by atoms with E-state index in [1.54, 1.807) is 26.0 Å². The first-order valence-electron chi connectivity index (χ1n) is 6.45. The van der Waals surface area contributed by atoms with Gasteiger partial charge in [-0.3, -0.25) is 10.2 Å². The number of rotatable bonds is 4. The summed E-state index contributed by atoms with van der Waals surface area (Å²) in [7, 11) is 3.53. The zero-order valence-electron chi connectivity index (χ0n) is 12.7. The number of ether oxygens (including phenoxy) is 1. The molecule has 106 valence electrons. The molecule has 0 aromatic heterocycles. The van der Waals surface area contributed by atoms with Crippen LogP contribution in [0.3, 0.4) is 0 Å². The van der Waals surface area contributed by atoms with Crippen LogP contribution >= 0.6 is 0 Å². The average Bonchev–Trinajstić information content (AvgIpc) is 2.27. The van der Waals surface area contributed by atoms with Crippen LogP contribution in [0.15, 0.2) is 24.3 Å². The number of hydrogen-bond acceptors (Lipinski definition) is 3. The molecule has 0 aliphatic carbocycles. The Balaban J connectivity index is 2.65. The fourth-order valence-corrected chi connectivity index (χ4v) is 1.60. The van der Waals surface area contributed by atoms with Crippen LogP contribution in [0.4, 0.5) is 0 Å². The smallest absolute Gasteiger partial charge is 0.275 e. The van der Waals surface area contributed by atoms with Gasteiger partial charge in [0, 0.05) is 14.1 Å². The van der Waals surface area contributed by atoms with Crippen LogP contribution in [0.5, 0.6) is 5.75 Å². The summed E-state index contributed by atoms with van der Waals surface area (Å²) in [5, 5.41) is 1.60. The first kappa shape index (κ1) is 15.5. The van der Waals surface area contributed by atoms with E-state index in [1.807, 2.05) is 24.3 Å². The van der Waals surface area contributed by atoms with Crippen molar-refractivity contribution in [3.63, 3.8) is 0 Å². The van der Waals surface area contributed by atoms with Gasteiger partial charge in [0.15, 0.2) is 6.10 Å². The second-order valence-corrected chi connectivity index (χ2v) is 5.90. The highest BCUT2D eigenvalue weighted by atomic mass is 16.5. The number of nitrogens with one attached hydrogen (secondary N) is 1. The molecule has 0 radical (unpaired) electrons. The van der Waals surface area contributed by atoms with Crippen molar-refractivity contribution in [3.05, 3.63) is 29.8 Å². The van der Waals surface area contributed by atoms with Crippen molar-refractivity contribution in [3.8, 4) is 5.75 Å². The van der Waals surface area contributed by atoms with Crippen LogP contribution in [0.25, 0.3) is 0 Å². The molecule has 1 aromatic rings. The highest BCUT2D eigenvalue weighted by molar-refractivity contribution is 5.80. The summed E-state index contributed by atoms with van der Waals surface area (Å²) in [5.41, 5.74) is 4.03. The second kappa shape index (κ2) is 6.06. The van der Waals surface area contributed by atoms with Crippen molar-refractivity contribution in [1.29, 1.82) is 0 Å². The molecule has 1 N–H and O–H groups in total. The van der Waals surface area contributed by atoms with Gasteiger partial charge in [-0.25, -0.2) is 5.01 Å². The Morgan fingerprint density at radius 1 is 1.21 bits per heavy atom. The first-order chi connectivity index (χ1) is 8.70. The molecular weight excluding hydrogens is 240 g/mol. The molecule has 4 nitrogen and oxygen atoms in total. The van der Waals surface area contributed by atoms with Gasteiger partial charge in [0.1, 0.15) is 5.75 Å². The Morgan fingerprint density at radius 3 is 2.16 bits per heavy atom. The maximum absolute atomic E-state index is 11.7. The lowest BCUT2D eigenvalue weighted by Gasteiger charge is -2.20. The van der Waals surface area contributed by atoms with Gasteiger partial charge in [-0.15, -0.1) is 0 Å². The minimum Gasteiger partial charge on any atom is -0.481 e. The number of hydrazine groups is 1. The lowest BCUT2D eigenvalue weighted by Crippen LogP contribution is -2.43. The Hall–Kier alpha value is -1.55. The van der Waals surface area contributed by atoms with E-state index in [0.29, 0.717) is 5.75 Å². The molecule has 0 unspecified atom stereocenters. The molecule has 0 bridgehead atoms. The van der Waals surface area contributed by atoms with E-state index in [9.17, 15) is 4.79 Å². The lowest BCUT2D eigenvalue weighted by atomic mass is 9.87. The van der Waals surface area contributed by atoms with E-state index in [0.717, 1.165) is 0 Å². The highest BCUT2D eigenvalue weighted by Gasteiger charge is 2.16. The van der Waals surface area contributed by atoms with Crippen molar-refractivity contribution in [2.75, 3.05) is 14.1 Å². The molecule has 0 saturated heterocycles. The molecule has 0 aliphatic rings. The summed E-state index contributed by atoms with van der Waals surface area (Å²) in [6.07, 6.45) is -0.525. The predicted molar refractivity (Wildman–Crippen MR) is 77.1 cm³/mol. The molecule has 0 fully saturated rings. The third-order valence-corrected chi connectivity index (χ3v) is 2.74. The van der Waals surface area contributed by atoms with Crippen LogP contribution < -0.4 is 10.2 Å². The number of nitrogens with zero attached hydrogens (tertiary/aromatic N) is 1. The van der Waals surface area contributed by atoms with Crippen LogP contribution in [-0.4, -0.2) is 31.1 Å². The Kier molecular flexibility index (Phi) is 4.95. The average molecular weight is 264 g/mol. The molecule has 1 amide bonds. The number of amides is 1. The molecule has 1 atom stereocenters. The van der Waals surface area contributed by atoms with Gasteiger partial charge < -0.3 is 4.74 Å². The molecule has 1 aromatic carbocycles. The van der Waals surface area contributed by atoms with Crippen LogP contribution in [-0.2, 0) is 10.2 Å². The predicted octanol–water partition coefficient (Wildman–Crippen LogP) is 2.34. The zero-order chi connectivity index (χ0) is 14.6. The molecular formula is C15H24N2O2.